The fourth-order valence-corrected chi connectivity index (χ4v) is 4.45. The Morgan fingerprint density at radius 1 is 1.33 bits per heavy atom. The molecule has 18 heavy (non-hydrogen) atoms. The van der Waals surface area contributed by atoms with Gasteiger partial charge in [-0.2, -0.15) is 0 Å². The van der Waals surface area contributed by atoms with Crippen LogP contribution in [0.5, 0.6) is 0 Å². The summed E-state index contributed by atoms with van der Waals surface area (Å²) in [6, 6.07) is 5.08. The van der Waals surface area contributed by atoms with Crippen LogP contribution in [-0.2, 0) is 14.8 Å². The van der Waals surface area contributed by atoms with Gasteiger partial charge in [0.05, 0.1) is 10.9 Å². The van der Waals surface area contributed by atoms with Crippen LogP contribution in [0.25, 0.3) is 0 Å². The van der Waals surface area contributed by atoms with Crippen molar-refractivity contribution in [2.24, 2.45) is 0 Å². The van der Waals surface area contributed by atoms with E-state index in [1.165, 1.54) is 0 Å². The van der Waals surface area contributed by atoms with Gasteiger partial charge in [-0.05, 0) is 53.6 Å². The Kier molecular flexibility index (Phi) is 4.74. The first kappa shape index (κ1) is 14.4. The summed E-state index contributed by atoms with van der Waals surface area (Å²) in [6.07, 6.45) is 1.08. The molecule has 0 bridgehead atoms. The number of sulfonamides is 1. The van der Waals surface area contributed by atoms with E-state index < -0.39 is 10.0 Å². The number of rotatable bonds is 3. The molecular formula is C11H13ClINO3S. The van der Waals surface area contributed by atoms with Crippen LogP contribution >= 0.6 is 34.2 Å². The second-order valence-corrected chi connectivity index (χ2v) is 7.64. The highest BCUT2D eigenvalue weighted by atomic mass is 127. The van der Waals surface area contributed by atoms with Crippen molar-refractivity contribution in [3.63, 3.8) is 0 Å². The molecule has 2 rings (SSSR count). The maximum atomic E-state index is 12.2. The molecule has 1 aromatic carbocycles. The fourth-order valence-electron chi connectivity index (χ4n) is 1.80. The van der Waals surface area contributed by atoms with Crippen LogP contribution in [0.3, 0.4) is 0 Å². The number of hydrogen-bond acceptors (Lipinski definition) is 3. The minimum atomic E-state index is -3.35. The predicted molar refractivity (Wildman–Crippen MR) is 80.6 cm³/mol. The minimum Gasteiger partial charge on any atom is -0.381 e. The van der Waals surface area contributed by atoms with Crippen molar-refractivity contribution in [2.75, 3.05) is 17.9 Å². The molecule has 0 amide bonds. The molecule has 1 heterocycles. The van der Waals surface area contributed by atoms with Gasteiger partial charge in [-0.25, -0.2) is 8.42 Å². The molecule has 0 aromatic heterocycles. The van der Waals surface area contributed by atoms with Gasteiger partial charge < -0.3 is 4.74 Å². The molecule has 0 aliphatic carbocycles. The van der Waals surface area contributed by atoms with Crippen LogP contribution < -0.4 is 4.72 Å². The molecule has 0 unspecified atom stereocenters. The van der Waals surface area contributed by atoms with Crippen molar-refractivity contribution in [3.05, 3.63) is 26.8 Å². The van der Waals surface area contributed by atoms with Gasteiger partial charge >= 0.3 is 0 Å². The molecule has 1 N–H and O–H groups in total. The van der Waals surface area contributed by atoms with E-state index in [-0.39, 0.29) is 5.25 Å². The molecule has 0 atom stereocenters. The summed E-state index contributed by atoms with van der Waals surface area (Å²) < 4.78 is 33.0. The Bertz CT molecular complexity index is 529. The van der Waals surface area contributed by atoms with Gasteiger partial charge in [0.1, 0.15) is 0 Å². The molecule has 4 nitrogen and oxygen atoms in total. The molecule has 1 fully saturated rings. The normalized spacial score (nSPS) is 17.7. The van der Waals surface area contributed by atoms with Crippen LogP contribution in [0, 0.1) is 3.57 Å². The van der Waals surface area contributed by atoms with Gasteiger partial charge in [0.15, 0.2) is 0 Å². The summed E-state index contributed by atoms with van der Waals surface area (Å²) in [5, 5.41) is 0.214. The minimum absolute atomic E-state index is 0.377. The lowest BCUT2D eigenvalue weighted by Gasteiger charge is -2.23. The van der Waals surface area contributed by atoms with Gasteiger partial charge in [-0.1, -0.05) is 11.6 Å². The van der Waals surface area contributed by atoms with Gasteiger partial charge in [0.2, 0.25) is 10.0 Å². The fraction of sp³-hybridized carbons (Fsp3) is 0.455. The smallest absolute Gasteiger partial charge is 0.235 e. The molecule has 7 heteroatoms. The lowest BCUT2D eigenvalue weighted by molar-refractivity contribution is 0.0984. The van der Waals surface area contributed by atoms with E-state index >= 15 is 0 Å². The summed E-state index contributed by atoms with van der Waals surface area (Å²) in [6.45, 7) is 1.01. The number of halogens is 2. The Balaban J connectivity index is 2.16. The molecule has 100 valence electrons. The van der Waals surface area contributed by atoms with Crippen molar-refractivity contribution < 1.29 is 13.2 Å². The van der Waals surface area contributed by atoms with E-state index in [2.05, 4.69) is 27.3 Å². The van der Waals surface area contributed by atoms with Gasteiger partial charge in [0.25, 0.3) is 0 Å². The van der Waals surface area contributed by atoms with Crippen molar-refractivity contribution >= 4 is 49.9 Å². The monoisotopic (exact) mass is 401 g/mol. The standard InChI is InChI=1S/C11H13ClINO3S/c12-8-1-2-11(10(13)7-8)14-18(15,16)9-3-5-17-6-4-9/h1-2,7,9,14H,3-6H2. The van der Waals surface area contributed by atoms with E-state index in [1.807, 2.05) is 0 Å². The second-order valence-electron chi connectivity index (χ2n) is 4.08. The maximum absolute atomic E-state index is 12.2. The van der Waals surface area contributed by atoms with Crippen LogP contribution in [0.2, 0.25) is 5.02 Å². The van der Waals surface area contributed by atoms with E-state index in [0.717, 1.165) is 3.57 Å². The van der Waals surface area contributed by atoms with Crippen molar-refractivity contribution in [2.45, 2.75) is 18.1 Å². The average molecular weight is 402 g/mol. The summed E-state index contributed by atoms with van der Waals surface area (Å²) >= 11 is 7.90. The Labute approximate surface area is 125 Å². The lowest BCUT2D eigenvalue weighted by atomic mass is 10.2. The third kappa shape index (κ3) is 3.49. The highest BCUT2D eigenvalue weighted by molar-refractivity contribution is 14.1. The van der Waals surface area contributed by atoms with Crippen molar-refractivity contribution in [3.8, 4) is 0 Å². The van der Waals surface area contributed by atoms with E-state index in [1.54, 1.807) is 18.2 Å². The van der Waals surface area contributed by atoms with Crippen molar-refractivity contribution in [1.82, 2.24) is 0 Å². The van der Waals surface area contributed by atoms with Crippen molar-refractivity contribution in [1.29, 1.82) is 0 Å². The quantitative estimate of drug-likeness (QED) is 0.793. The molecule has 0 spiro atoms. The molecule has 0 saturated carbocycles. The molecule has 1 saturated heterocycles. The first-order chi connectivity index (χ1) is 8.49. The molecule has 1 aliphatic heterocycles. The van der Waals surface area contributed by atoms with Crippen LogP contribution in [0.4, 0.5) is 5.69 Å². The molecule has 1 aliphatic rings. The maximum Gasteiger partial charge on any atom is 0.235 e. The van der Waals surface area contributed by atoms with Gasteiger partial charge in [-0.15, -0.1) is 0 Å². The van der Waals surface area contributed by atoms with E-state index in [9.17, 15) is 8.42 Å². The number of nitrogens with one attached hydrogen (secondary N) is 1. The summed E-state index contributed by atoms with van der Waals surface area (Å²) in [4.78, 5) is 0. The van der Waals surface area contributed by atoms with E-state index in [0.29, 0.717) is 36.8 Å². The summed E-state index contributed by atoms with van der Waals surface area (Å²) in [5.74, 6) is 0. The zero-order valence-electron chi connectivity index (χ0n) is 9.53. The number of hydrogen-bond donors (Lipinski definition) is 1. The van der Waals surface area contributed by atoms with Crippen LogP contribution in [0.1, 0.15) is 12.8 Å². The number of anilines is 1. The van der Waals surface area contributed by atoms with Crippen LogP contribution in [-0.4, -0.2) is 26.9 Å². The first-order valence-electron chi connectivity index (χ1n) is 5.53. The third-order valence-electron chi connectivity index (χ3n) is 2.79. The topological polar surface area (TPSA) is 55.4 Å². The zero-order chi connectivity index (χ0) is 13.2. The van der Waals surface area contributed by atoms with E-state index in [4.69, 9.17) is 16.3 Å². The highest BCUT2D eigenvalue weighted by Gasteiger charge is 2.28. The Morgan fingerprint density at radius 2 is 2.00 bits per heavy atom. The highest BCUT2D eigenvalue weighted by Crippen LogP contribution is 2.25. The Hall–Kier alpha value is -0.0500. The van der Waals surface area contributed by atoms with Gasteiger partial charge in [-0.3, -0.25) is 4.72 Å². The largest absolute Gasteiger partial charge is 0.381 e. The average Bonchev–Trinajstić information content (AvgIpc) is 2.34. The Morgan fingerprint density at radius 3 is 2.61 bits per heavy atom. The van der Waals surface area contributed by atoms with Gasteiger partial charge in [0, 0.05) is 21.8 Å². The molecule has 0 radical (unpaired) electrons. The molecular weight excluding hydrogens is 389 g/mol. The molecule has 1 aromatic rings. The lowest BCUT2D eigenvalue weighted by Crippen LogP contribution is -2.33. The second kappa shape index (κ2) is 5.94. The first-order valence-corrected chi connectivity index (χ1v) is 8.54. The number of benzene rings is 1. The van der Waals surface area contributed by atoms with Crippen LogP contribution in [0.15, 0.2) is 18.2 Å². The summed E-state index contributed by atoms with van der Waals surface area (Å²) in [7, 11) is -3.35. The third-order valence-corrected chi connectivity index (χ3v) is 5.77. The zero-order valence-corrected chi connectivity index (χ0v) is 13.3. The predicted octanol–water partition coefficient (Wildman–Crippen LogP) is 2.87. The summed E-state index contributed by atoms with van der Waals surface area (Å²) in [5.41, 5.74) is 0.575. The number of ether oxygens (including phenoxy) is 1. The SMILES string of the molecule is O=S(=O)(Nc1ccc(Cl)cc1I)C1CCOCC1.